The molecule has 0 radical (unpaired) electrons. The molecule has 14 heteroatoms. The van der Waals surface area contributed by atoms with Crippen LogP contribution in [-0.2, 0) is 19.7 Å². The SMILES string of the molecule is Cc1c(F)ccc2c1C1(CCN(C(=O)c3ccc4[nH]ncc4n3)CC1)C(=O)N2CC(=O)N1CCOC(C(F)(F)F)C1. The van der Waals surface area contributed by atoms with E-state index in [0.717, 1.165) is 4.90 Å². The first kappa shape index (κ1) is 27.1. The van der Waals surface area contributed by atoms with E-state index in [9.17, 15) is 31.9 Å². The van der Waals surface area contributed by atoms with Gasteiger partial charge in [-0.25, -0.2) is 9.37 Å². The number of H-pyrrole nitrogens is 1. The fraction of sp³-hybridized carbons (Fsp3) is 0.444. The zero-order chi connectivity index (χ0) is 29.1. The fourth-order valence-electron chi connectivity index (χ4n) is 6.11. The van der Waals surface area contributed by atoms with E-state index in [-0.39, 0.29) is 56.2 Å². The van der Waals surface area contributed by atoms with Crippen molar-refractivity contribution in [2.75, 3.05) is 44.2 Å². The molecule has 1 N–H and O–H groups in total. The number of hydrogen-bond acceptors (Lipinski definition) is 6. The average Bonchev–Trinajstić information content (AvgIpc) is 3.52. The molecule has 10 nitrogen and oxygen atoms in total. The van der Waals surface area contributed by atoms with E-state index in [1.807, 2.05) is 0 Å². The molecular weight excluding hydrogens is 548 g/mol. The van der Waals surface area contributed by atoms with Crippen molar-refractivity contribution in [2.24, 2.45) is 0 Å². The average molecular weight is 575 g/mol. The Morgan fingerprint density at radius 2 is 1.88 bits per heavy atom. The molecule has 41 heavy (non-hydrogen) atoms. The van der Waals surface area contributed by atoms with E-state index < -0.39 is 48.4 Å². The monoisotopic (exact) mass is 574 g/mol. The van der Waals surface area contributed by atoms with Crippen LogP contribution in [0.1, 0.15) is 34.5 Å². The molecule has 0 aliphatic carbocycles. The second-order valence-electron chi connectivity index (χ2n) is 10.6. The van der Waals surface area contributed by atoms with Crippen LogP contribution >= 0.6 is 0 Å². The van der Waals surface area contributed by atoms with Gasteiger partial charge >= 0.3 is 6.18 Å². The summed E-state index contributed by atoms with van der Waals surface area (Å²) in [4.78, 5) is 48.6. The predicted molar refractivity (Wildman–Crippen MR) is 137 cm³/mol. The summed E-state index contributed by atoms with van der Waals surface area (Å²) in [5, 5.41) is 6.69. The highest BCUT2D eigenvalue weighted by molar-refractivity contribution is 6.11. The number of piperidine rings is 1. The van der Waals surface area contributed by atoms with E-state index in [1.165, 1.54) is 23.2 Å². The molecule has 5 heterocycles. The number of nitrogens with zero attached hydrogens (tertiary/aromatic N) is 5. The summed E-state index contributed by atoms with van der Waals surface area (Å²) in [7, 11) is 0. The number of aromatic amines is 1. The summed E-state index contributed by atoms with van der Waals surface area (Å²) in [6.07, 6.45) is -4.85. The number of pyridine rings is 1. The lowest BCUT2D eigenvalue weighted by Crippen LogP contribution is -2.55. The van der Waals surface area contributed by atoms with E-state index in [0.29, 0.717) is 22.3 Å². The Bertz CT molecular complexity index is 1550. The van der Waals surface area contributed by atoms with Gasteiger partial charge < -0.3 is 19.4 Å². The summed E-state index contributed by atoms with van der Waals surface area (Å²) < 4.78 is 59.2. The van der Waals surface area contributed by atoms with Crippen molar-refractivity contribution in [1.82, 2.24) is 25.0 Å². The highest BCUT2D eigenvalue weighted by atomic mass is 19.4. The van der Waals surface area contributed by atoms with Gasteiger partial charge in [0, 0.05) is 25.3 Å². The normalized spacial score (nSPS) is 20.7. The molecular formula is C27H26F4N6O4. The number of nitrogens with one attached hydrogen (secondary N) is 1. The van der Waals surface area contributed by atoms with Crippen molar-refractivity contribution < 1.29 is 36.7 Å². The molecule has 2 fully saturated rings. The van der Waals surface area contributed by atoms with Gasteiger partial charge in [-0.1, -0.05) is 0 Å². The summed E-state index contributed by atoms with van der Waals surface area (Å²) in [6, 6.07) is 5.93. The first-order chi connectivity index (χ1) is 19.5. The maximum atomic E-state index is 14.8. The van der Waals surface area contributed by atoms with Gasteiger partial charge in [0.1, 0.15) is 23.6 Å². The Hall–Kier alpha value is -4.07. The minimum atomic E-state index is -4.63. The van der Waals surface area contributed by atoms with Crippen molar-refractivity contribution >= 4 is 34.4 Å². The van der Waals surface area contributed by atoms with Crippen LogP contribution < -0.4 is 4.90 Å². The second-order valence-corrected chi connectivity index (χ2v) is 10.6. The molecule has 0 bridgehead atoms. The Morgan fingerprint density at radius 3 is 2.61 bits per heavy atom. The minimum absolute atomic E-state index is 0.0381. The number of fused-ring (bicyclic) bond motifs is 3. The quantitative estimate of drug-likeness (QED) is 0.482. The van der Waals surface area contributed by atoms with E-state index in [4.69, 9.17) is 4.74 Å². The maximum Gasteiger partial charge on any atom is 0.416 e. The zero-order valence-electron chi connectivity index (χ0n) is 22.0. The second kappa shape index (κ2) is 9.79. The highest BCUT2D eigenvalue weighted by Gasteiger charge is 2.54. The topological polar surface area (TPSA) is 112 Å². The number of halogens is 4. The molecule has 0 saturated carbocycles. The third kappa shape index (κ3) is 4.49. The molecule has 3 aromatic rings. The van der Waals surface area contributed by atoms with Crippen LogP contribution in [0.25, 0.3) is 11.0 Å². The molecule has 1 unspecified atom stereocenters. The molecule has 3 aliphatic rings. The van der Waals surface area contributed by atoms with Gasteiger partial charge in [-0.05, 0) is 55.2 Å². The minimum Gasteiger partial charge on any atom is -0.365 e. The van der Waals surface area contributed by atoms with Crippen LogP contribution in [0, 0.1) is 12.7 Å². The molecule has 2 aromatic heterocycles. The number of carbonyl (C=O) groups excluding carboxylic acids is 3. The van der Waals surface area contributed by atoms with Crippen LogP contribution in [0.5, 0.6) is 0 Å². The highest BCUT2D eigenvalue weighted by Crippen LogP contribution is 2.50. The maximum absolute atomic E-state index is 14.8. The lowest BCUT2D eigenvalue weighted by Gasteiger charge is -2.39. The smallest absolute Gasteiger partial charge is 0.365 e. The standard InChI is InChI=1S/C27H26F4N6O4/c1-15-16(28)2-5-20-23(15)26(25(40)37(20)14-22(38)36-10-11-41-21(13-36)27(29,30)31)6-8-35(9-7-26)24(39)18-4-3-17-19(33-18)12-32-34-17/h2-5,12,21H,6-11,13-14H2,1H3,(H,32,34). The Labute approximate surface area is 231 Å². The van der Waals surface area contributed by atoms with Crippen molar-refractivity contribution in [3.05, 3.63) is 53.1 Å². The van der Waals surface area contributed by atoms with Crippen LogP contribution in [-0.4, -0.2) is 94.3 Å². The number of anilines is 1. The number of morpholine rings is 1. The zero-order valence-corrected chi connectivity index (χ0v) is 22.0. The molecule has 1 spiro atoms. The van der Waals surface area contributed by atoms with Crippen molar-refractivity contribution in [3.8, 4) is 0 Å². The number of likely N-dealkylation sites (tertiary alicyclic amines) is 1. The van der Waals surface area contributed by atoms with Crippen LogP contribution in [0.2, 0.25) is 0 Å². The molecule has 6 rings (SSSR count). The van der Waals surface area contributed by atoms with Gasteiger partial charge in [0.2, 0.25) is 11.8 Å². The van der Waals surface area contributed by atoms with Crippen LogP contribution in [0.4, 0.5) is 23.2 Å². The van der Waals surface area contributed by atoms with Crippen LogP contribution in [0.15, 0.2) is 30.5 Å². The van der Waals surface area contributed by atoms with Crippen molar-refractivity contribution in [3.63, 3.8) is 0 Å². The number of benzene rings is 1. The van der Waals surface area contributed by atoms with E-state index >= 15 is 0 Å². The Kier molecular flexibility index (Phi) is 6.47. The van der Waals surface area contributed by atoms with E-state index in [2.05, 4.69) is 15.2 Å². The first-order valence-corrected chi connectivity index (χ1v) is 13.2. The molecule has 3 aliphatic heterocycles. The summed E-state index contributed by atoms with van der Waals surface area (Å²) in [6.45, 7) is 0.463. The summed E-state index contributed by atoms with van der Waals surface area (Å²) >= 11 is 0. The molecule has 3 amide bonds. The molecule has 1 aromatic carbocycles. The van der Waals surface area contributed by atoms with Gasteiger partial charge in [-0.2, -0.15) is 18.3 Å². The van der Waals surface area contributed by atoms with Crippen molar-refractivity contribution in [1.29, 1.82) is 0 Å². The number of ether oxygens (including phenoxy) is 1. The number of rotatable bonds is 3. The first-order valence-electron chi connectivity index (χ1n) is 13.2. The van der Waals surface area contributed by atoms with E-state index in [1.54, 1.807) is 24.0 Å². The van der Waals surface area contributed by atoms with Gasteiger partial charge in [0.25, 0.3) is 5.91 Å². The lowest BCUT2D eigenvalue weighted by molar-refractivity contribution is -0.236. The molecule has 2 saturated heterocycles. The largest absolute Gasteiger partial charge is 0.416 e. The van der Waals surface area contributed by atoms with Gasteiger partial charge in [0.15, 0.2) is 6.10 Å². The predicted octanol–water partition coefficient (Wildman–Crippen LogP) is 2.72. The van der Waals surface area contributed by atoms with Crippen LogP contribution in [0.3, 0.4) is 0 Å². The third-order valence-electron chi connectivity index (χ3n) is 8.30. The number of hydrogen-bond donors (Lipinski definition) is 1. The van der Waals surface area contributed by atoms with Crippen molar-refractivity contribution in [2.45, 2.75) is 37.5 Å². The van der Waals surface area contributed by atoms with Gasteiger partial charge in [-0.3, -0.25) is 19.5 Å². The third-order valence-corrected chi connectivity index (χ3v) is 8.30. The Morgan fingerprint density at radius 1 is 1.12 bits per heavy atom. The number of alkyl halides is 3. The van der Waals surface area contributed by atoms with Gasteiger partial charge in [0.05, 0.1) is 30.3 Å². The van der Waals surface area contributed by atoms with Gasteiger partial charge in [-0.15, -0.1) is 0 Å². The molecule has 216 valence electrons. The molecule has 1 atom stereocenters. The summed E-state index contributed by atoms with van der Waals surface area (Å²) in [5.41, 5.74) is 1.35. The fourth-order valence-corrected chi connectivity index (χ4v) is 6.11. The Balaban J connectivity index is 1.24. The number of aromatic nitrogens is 3. The summed E-state index contributed by atoms with van der Waals surface area (Å²) in [5.74, 6) is -1.92. The number of amides is 3. The lowest BCUT2D eigenvalue weighted by atomic mass is 9.72. The number of carbonyl (C=O) groups is 3.